The summed E-state index contributed by atoms with van der Waals surface area (Å²) in [5.41, 5.74) is 2.75. The molecule has 0 amide bonds. The zero-order chi connectivity index (χ0) is 12.5. The number of nitrogens with zero attached hydrogens (tertiary/aromatic N) is 2. The summed E-state index contributed by atoms with van der Waals surface area (Å²) in [7, 11) is 0. The molecule has 1 aliphatic heterocycles. The minimum Gasteiger partial charge on any atom is -0.312 e. The molecule has 2 N–H and O–H groups in total. The normalized spacial score (nSPS) is 21.7. The lowest BCUT2D eigenvalue weighted by Gasteiger charge is -2.32. The summed E-state index contributed by atoms with van der Waals surface area (Å²) in [5.74, 6) is 0. The molecular formula is C13H25ClN4. The molecule has 1 fully saturated rings. The van der Waals surface area contributed by atoms with Gasteiger partial charge in [-0.15, -0.1) is 12.4 Å². The predicted octanol–water partition coefficient (Wildman–Crippen LogP) is 1.92. The standard InChI is InChI=1S/C13H24N4.ClH/c1-10-8-17(6-5-14-10)9-11-7-15-16-12(11)13(2,3)4;/h7,10,14H,5-6,8-9H2,1-4H3,(H,15,16);1H/t10-;/m0./s1. The van der Waals surface area contributed by atoms with Crippen LogP contribution in [0.4, 0.5) is 0 Å². The van der Waals surface area contributed by atoms with E-state index in [-0.39, 0.29) is 17.8 Å². The fourth-order valence-electron chi connectivity index (χ4n) is 2.48. The van der Waals surface area contributed by atoms with Gasteiger partial charge < -0.3 is 5.32 Å². The molecule has 2 heterocycles. The van der Waals surface area contributed by atoms with E-state index in [0.717, 1.165) is 26.2 Å². The van der Waals surface area contributed by atoms with Crippen LogP contribution in [0.1, 0.15) is 39.0 Å². The topological polar surface area (TPSA) is 44.0 Å². The number of hydrogen-bond donors (Lipinski definition) is 2. The van der Waals surface area contributed by atoms with Crippen LogP contribution in [-0.4, -0.2) is 40.8 Å². The molecule has 18 heavy (non-hydrogen) atoms. The second-order valence-electron chi connectivity index (χ2n) is 6.11. The summed E-state index contributed by atoms with van der Waals surface area (Å²) in [5, 5.41) is 10.8. The lowest BCUT2D eigenvalue weighted by Crippen LogP contribution is -2.48. The Balaban J connectivity index is 0.00000162. The van der Waals surface area contributed by atoms with Gasteiger partial charge in [-0.3, -0.25) is 10.00 Å². The highest BCUT2D eigenvalue weighted by Gasteiger charge is 2.22. The fourth-order valence-corrected chi connectivity index (χ4v) is 2.48. The summed E-state index contributed by atoms with van der Waals surface area (Å²) in [6.07, 6.45) is 1.98. The van der Waals surface area contributed by atoms with Crippen molar-refractivity contribution < 1.29 is 0 Å². The number of H-pyrrole nitrogens is 1. The summed E-state index contributed by atoms with van der Waals surface area (Å²) >= 11 is 0. The molecule has 0 aromatic carbocycles. The molecule has 1 aromatic rings. The molecule has 2 rings (SSSR count). The van der Waals surface area contributed by atoms with Crippen molar-refractivity contribution >= 4 is 12.4 Å². The molecule has 4 nitrogen and oxygen atoms in total. The average molecular weight is 273 g/mol. The van der Waals surface area contributed by atoms with Crippen LogP contribution >= 0.6 is 12.4 Å². The number of hydrogen-bond acceptors (Lipinski definition) is 3. The van der Waals surface area contributed by atoms with Gasteiger partial charge >= 0.3 is 0 Å². The first-order valence-electron chi connectivity index (χ1n) is 6.45. The summed E-state index contributed by atoms with van der Waals surface area (Å²) in [4.78, 5) is 2.50. The minimum atomic E-state index is 0. The van der Waals surface area contributed by atoms with Crippen molar-refractivity contribution in [1.82, 2.24) is 20.4 Å². The second kappa shape index (κ2) is 6.04. The van der Waals surface area contributed by atoms with Crippen LogP contribution in [-0.2, 0) is 12.0 Å². The van der Waals surface area contributed by atoms with E-state index in [9.17, 15) is 0 Å². The van der Waals surface area contributed by atoms with Gasteiger partial charge in [0.1, 0.15) is 0 Å². The fraction of sp³-hybridized carbons (Fsp3) is 0.769. The van der Waals surface area contributed by atoms with Crippen molar-refractivity contribution in [1.29, 1.82) is 0 Å². The van der Waals surface area contributed by atoms with Crippen molar-refractivity contribution in [2.45, 2.75) is 45.7 Å². The lowest BCUT2D eigenvalue weighted by atomic mass is 9.89. The lowest BCUT2D eigenvalue weighted by molar-refractivity contribution is 0.198. The van der Waals surface area contributed by atoms with Gasteiger partial charge in [0.25, 0.3) is 0 Å². The monoisotopic (exact) mass is 272 g/mol. The van der Waals surface area contributed by atoms with Crippen LogP contribution in [0.2, 0.25) is 0 Å². The van der Waals surface area contributed by atoms with Crippen LogP contribution in [0, 0.1) is 0 Å². The number of aromatic amines is 1. The number of rotatable bonds is 2. The molecule has 0 spiro atoms. The molecule has 1 aliphatic rings. The summed E-state index contributed by atoms with van der Waals surface area (Å²) in [6, 6.07) is 0.591. The van der Waals surface area contributed by atoms with E-state index in [1.165, 1.54) is 11.3 Å². The zero-order valence-corrected chi connectivity index (χ0v) is 12.6. The molecular weight excluding hydrogens is 248 g/mol. The Morgan fingerprint density at radius 1 is 1.44 bits per heavy atom. The number of piperazine rings is 1. The molecule has 104 valence electrons. The van der Waals surface area contributed by atoms with E-state index in [2.05, 4.69) is 48.1 Å². The summed E-state index contributed by atoms with van der Waals surface area (Å²) in [6.45, 7) is 13.3. The third-order valence-electron chi connectivity index (χ3n) is 3.31. The largest absolute Gasteiger partial charge is 0.312 e. The average Bonchev–Trinajstić information content (AvgIpc) is 2.65. The minimum absolute atomic E-state index is 0. The molecule has 1 atom stereocenters. The summed E-state index contributed by atoms with van der Waals surface area (Å²) < 4.78 is 0. The molecule has 0 unspecified atom stereocenters. The van der Waals surface area contributed by atoms with E-state index in [1.807, 2.05) is 6.20 Å². The number of nitrogens with one attached hydrogen (secondary N) is 2. The van der Waals surface area contributed by atoms with Gasteiger partial charge in [-0.2, -0.15) is 5.10 Å². The predicted molar refractivity (Wildman–Crippen MR) is 77.3 cm³/mol. The maximum atomic E-state index is 4.21. The maximum absolute atomic E-state index is 4.21. The number of aromatic nitrogens is 2. The van der Waals surface area contributed by atoms with Crippen molar-refractivity contribution in [3.8, 4) is 0 Å². The van der Waals surface area contributed by atoms with E-state index in [0.29, 0.717) is 6.04 Å². The molecule has 1 aromatic heterocycles. The smallest absolute Gasteiger partial charge is 0.0535 e. The van der Waals surface area contributed by atoms with Crippen molar-refractivity contribution in [3.05, 3.63) is 17.5 Å². The quantitative estimate of drug-likeness (QED) is 0.865. The Morgan fingerprint density at radius 3 is 2.78 bits per heavy atom. The van der Waals surface area contributed by atoms with Crippen molar-refractivity contribution in [3.63, 3.8) is 0 Å². The van der Waals surface area contributed by atoms with Crippen LogP contribution in [0.25, 0.3) is 0 Å². The van der Waals surface area contributed by atoms with Gasteiger partial charge in [0.2, 0.25) is 0 Å². The maximum Gasteiger partial charge on any atom is 0.0535 e. The van der Waals surface area contributed by atoms with E-state index in [1.54, 1.807) is 0 Å². The van der Waals surface area contributed by atoms with Crippen LogP contribution in [0.3, 0.4) is 0 Å². The van der Waals surface area contributed by atoms with Gasteiger partial charge in [0.15, 0.2) is 0 Å². The van der Waals surface area contributed by atoms with E-state index >= 15 is 0 Å². The first kappa shape index (κ1) is 15.5. The van der Waals surface area contributed by atoms with Crippen molar-refractivity contribution in [2.24, 2.45) is 0 Å². The Bertz CT molecular complexity index is 369. The molecule has 0 saturated carbocycles. The highest BCUT2D eigenvalue weighted by molar-refractivity contribution is 5.85. The SMILES string of the molecule is C[C@H]1CN(Cc2cn[nH]c2C(C)(C)C)CCN1.Cl. The first-order chi connectivity index (χ1) is 7.97. The van der Waals surface area contributed by atoms with Crippen molar-refractivity contribution in [2.75, 3.05) is 19.6 Å². The van der Waals surface area contributed by atoms with E-state index < -0.39 is 0 Å². The van der Waals surface area contributed by atoms with E-state index in [4.69, 9.17) is 0 Å². The zero-order valence-electron chi connectivity index (χ0n) is 11.8. The number of halogens is 1. The first-order valence-corrected chi connectivity index (χ1v) is 6.45. The Morgan fingerprint density at radius 2 is 2.17 bits per heavy atom. The van der Waals surface area contributed by atoms with Gasteiger partial charge in [-0.1, -0.05) is 20.8 Å². The van der Waals surface area contributed by atoms with Gasteiger partial charge in [0, 0.05) is 48.9 Å². The Hall–Kier alpha value is -0.580. The molecule has 0 aliphatic carbocycles. The molecule has 0 radical (unpaired) electrons. The third kappa shape index (κ3) is 3.70. The van der Waals surface area contributed by atoms with Gasteiger partial charge in [-0.05, 0) is 6.92 Å². The van der Waals surface area contributed by atoms with Crippen LogP contribution in [0.15, 0.2) is 6.20 Å². The van der Waals surface area contributed by atoms with Crippen LogP contribution in [0.5, 0.6) is 0 Å². The highest BCUT2D eigenvalue weighted by Crippen LogP contribution is 2.24. The molecule has 0 bridgehead atoms. The molecule has 5 heteroatoms. The highest BCUT2D eigenvalue weighted by atomic mass is 35.5. The third-order valence-corrected chi connectivity index (χ3v) is 3.31. The van der Waals surface area contributed by atoms with Gasteiger partial charge in [-0.25, -0.2) is 0 Å². The van der Waals surface area contributed by atoms with Crippen LogP contribution < -0.4 is 5.32 Å². The Labute approximate surface area is 116 Å². The second-order valence-corrected chi connectivity index (χ2v) is 6.11. The molecule has 1 saturated heterocycles. The van der Waals surface area contributed by atoms with Gasteiger partial charge in [0.05, 0.1) is 6.20 Å². The Kier molecular flexibility index (Phi) is 5.20.